The first-order valence-electron chi connectivity index (χ1n) is 6.21. The lowest BCUT2D eigenvalue weighted by Gasteiger charge is -2.19. The summed E-state index contributed by atoms with van der Waals surface area (Å²) in [4.78, 5) is 0. The first-order valence-corrected chi connectivity index (χ1v) is 7.65. The van der Waals surface area contributed by atoms with Gasteiger partial charge < -0.3 is 5.73 Å². The molecular formula is C13H18FN3O2S. The molecule has 0 saturated carbocycles. The van der Waals surface area contributed by atoms with E-state index >= 15 is 0 Å². The summed E-state index contributed by atoms with van der Waals surface area (Å²) in [5.74, 6) is 4.60. The SMILES string of the molecule is CCN(CC)S(=O)(=O)Nc1ccc(C#CCN)cc1F. The molecule has 0 aromatic heterocycles. The molecule has 0 aliphatic rings. The molecule has 0 amide bonds. The molecule has 1 aromatic rings. The molecule has 0 spiro atoms. The predicted molar refractivity (Wildman–Crippen MR) is 77.8 cm³/mol. The van der Waals surface area contributed by atoms with Gasteiger partial charge >= 0.3 is 10.2 Å². The van der Waals surface area contributed by atoms with Gasteiger partial charge in [0.1, 0.15) is 5.82 Å². The molecular weight excluding hydrogens is 281 g/mol. The fourth-order valence-electron chi connectivity index (χ4n) is 1.60. The lowest BCUT2D eigenvalue weighted by Crippen LogP contribution is -2.35. The largest absolute Gasteiger partial charge is 0.320 e. The van der Waals surface area contributed by atoms with Crippen molar-refractivity contribution in [3.63, 3.8) is 0 Å². The molecule has 0 aliphatic carbocycles. The highest BCUT2D eigenvalue weighted by Crippen LogP contribution is 2.18. The summed E-state index contributed by atoms with van der Waals surface area (Å²) < 4.78 is 41.2. The van der Waals surface area contributed by atoms with E-state index in [2.05, 4.69) is 16.6 Å². The van der Waals surface area contributed by atoms with Gasteiger partial charge in [0.25, 0.3) is 0 Å². The van der Waals surface area contributed by atoms with Crippen molar-refractivity contribution >= 4 is 15.9 Å². The molecule has 0 radical (unpaired) electrons. The molecule has 0 fully saturated rings. The van der Waals surface area contributed by atoms with E-state index in [1.807, 2.05) is 0 Å². The maximum atomic E-state index is 13.8. The van der Waals surface area contributed by atoms with Crippen LogP contribution in [0, 0.1) is 17.7 Å². The van der Waals surface area contributed by atoms with Crippen LogP contribution in [-0.2, 0) is 10.2 Å². The molecule has 5 nitrogen and oxygen atoms in total. The number of halogens is 1. The smallest absolute Gasteiger partial charge is 0.301 e. The van der Waals surface area contributed by atoms with Crippen LogP contribution in [-0.4, -0.2) is 32.4 Å². The molecule has 0 atom stereocenters. The Kier molecular flexibility index (Phi) is 5.95. The summed E-state index contributed by atoms with van der Waals surface area (Å²) in [6, 6.07) is 4.05. The van der Waals surface area contributed by atoms with Crippen LogP contribution >= 0.6 is 0 Å². The van der Waals surface area contributed by atoms with E-state index < -0.39 is 16.0 Å². The van der Waals surface area contributed by atoms with Gasteiger partial charge in [-0.3, -0.25) is 4.72 Å². The summed E-state index contributed by atoms with van der Waals surface area (Å²) in [5.41, 5.74) is 5.57. The number of nitrogens with one attached hydrogen (secondary N) is 1. The maximum Gasteiger partial charge on any atom is 0.301 e. The Morgan fingerprint density at radius 3 is 2.50 bits per heavy atom. The Labute approximate surface area is 119 Å². The van der Waals surface area contributed by atoms with Crippen molar-refractivity contribution in [2.45, 2.75) is 13.8 Å². The normalized spacial score (nSPS) is 11.1. The number of nitrogens with zero attached hydrogens (tertiary/aromatic N) is 1. The molecule has 110 valence electrons. The minimum Gasteiger partial charge on any atom is -0.320 e. The molecule has 3 N–H and O–H groups in total. The first kappa shape index (κ1) is 16.4. The van der Waals surface area contributed by atoms with Crippen LogP contribution < -0.4 is 10.5 Å². The van der Waals surface area contributed by atoms with Crippen LogP contribution in [0.25, 0.3) is 0 Å². The van der Waals surface area contributed by atoms with Gasteiger partial charge in [-0.05, 0) is 18.2 Å². The van der Waals surface area contributed by atoms with E-state index in [1.54, 1.807) is 13.8 Å². The molecule has 0 aliphatic heterocycles. The Bertz CT molecular complexity index is 616. The lowest BCUT2D eigenvalue weighted by molar-refractivity contribution is 0.449. The molecule has 0 bridgehead atoms. The van der Waals surface area contributed by atoms with Crippen molar-refractivity contribution in [2.75, 3.05) is 24.4 Å². The third kappa shape index (κ3) is 4.20. The Balaban J connectivity index is 2.99. The van der Waals surface area contributed by atoms with Crippen molar-refractivity contribution < 1.29 is 12.8 Å². The second-order valence-electron chi connectivity index (χ2n) is 3.89. The first-order chi connectivity index (χ1) is 9.44. The van der Waals surface area contributed by atoms with E-state index in [0.29, 0.717) is 18.7 Å². The van der Waals surface area contributed by atoms with Crippen LogP contribution in [0.4, 0.5) is 10.1 Å². The quantitative estimate of drug-likeness (QED) is 0.800. The number of rotatable bonds is 5. The van der Waals surface area contributed by atoms with Crippen molar-refractivity contribution in [3.05, 3.63) is 29.6 Å². The van der Waals surface area contributed by atoms with E-state index in [-0.39, 0.29) is 12.2 Å². The molecule has 1 aromatic carbocycles. The van der Waals surface area contributed by atoms with Gasteiger partial charge in [-0.25, -0.2) is 4.39 Å². The van der Waals surface area contributed by atoms with Crippen LogP contribution in [0.3, 0.4) is 0 Å². The Hall–Kier alpha value is -1.62. The summed E-state index contributed by atoms with van der Waals surface area (Å²) in [5, 5.41) is 0. The molecule has 1 rings (SSSR count). The van der Waals surface area contributed by atoms with Crippen molar-refractivity contribution in [1.29, 1.82) is 0 Å². The zero-order valence-corrected chi connectivity index (χ0v) is 12.3. The van der Waals surface area contributed by atoms with Gasteiger partial charge in [0.05, 0.1) is 12.2 Å². The van der Waals surface area contributed by atoms with Gasteiger partial charge in [0.2, 0.25) is 0 Å². The van der Waals surface area contributed by atoms with Crippen molar-refractivity contribution in [3.8, 4) is 11.8 Å². The zero-order chi connectivity index (χ0) is 15.2. The van der Waals surface area contributed by atoms with Crippen LogP contribution in [0.15, 0.2) is 18.2 Å². The summed E-state index contributed by atoms with van der Waals surface area (Å²) in [6.45, 7) is 4.23. The molecule has 7 heteroatoms. The highest BCUT2D eigenvalue weighted by molar-refractivity contribution is 7.90. The monoisotopic (exact) mass is 299 g/mol. The van der Waals surface area contributed by atoms with Crippen LogP contribution in [0.5, 0.6) is 0 Å². The topological polar surface area (TPSA) is 75.4 Å². The van der Waals surface area contributed by atoms with Gasteiger partial charge in [-0.1, -0.05) is 25.7 Å². The van der Waals surface area contributed by atoms with E-state index in [0.717, 1.165) is 0 Å². The highest BCUT2D eigenvalue weighted by atomic mass is 32.2. The second kappa shape index (κ2) is 7.24. The molecule has 0 heterocycles. The summed E-state index contributed by atoms with van der Waals surface area (Å²) in [6.07, 6.45) is 0. The summed E-state index contributed by atoms with van der Waals surface area (Å²) >= 11 is 0. The molecule has 0 saturated heterocycles. The van der Waals surface area contributed by atoms with Gasteiger partial charge in [-0.2, -0.15) is 12.7 Å². The molecule has 0 unspecified atom stereocenters. The van der Waals surface area contributed by atoms with Crippen molar-refractivity contribution in [1.82, 2.24) is 4.31 Å². The van der Waals surface area contributed by atoms with E-state index in [9.17, 15) is 12.8 Å². The number of hydrogen-bond donors (Lipinski definition) is 2. The van der Waals surface area contributed by atoms with Gasteiger partial charge in [0.15, 0.2) is 0 Å². The third-order valence-electron chi connectivity index (χ3n) is 2.59. The molecule has 20 heavy (non-hydrogen) atoms. The highest BCUT2D eigenvalue weighted by Gasteiger charge is 2.19. The van der Waals surface area contributed by atoms with E-state index in [4.69, 9.17) is 5.73 Å². The van der Waals surface area contributed by atoms with Crippen molar-refractivity contribution in [2.24, 2.45) is 5.73 Å². The Morgan fingerprint density at radius 2 is 2.00 bits per heavy atom. The minimum atomic E-state index is -3.74. The zero-order valence-electron chi connectivity index (χ0n) is 11.5. The predicted octanol–water partition coefficient (Wildman–Crippen LogP) is 1.13. The third-order valence-corrected chi connectivity index (χ3v) is 4.26. The fraction of sp³-hybridized carbons (Fsp3) is 0.385. The van der Waals surface area contributed by atoms with Crippen LogP contribution in [0.1, 0.15) is 19.4 Å². The lowest BCUT2D eigenvalue weighted by atomic mass is 10.2. The standard InChI is InChI=1S/C13H18FN3O2S/c1-3-17(4-2)20(18,19)16-13-8-7-11(6-5-9-15)10-12(13)14/h7-8,10,16H,3-4,9,15H2,1-2H3. The van der Waals surface area contributed by atoms with E-state index in [1.165, 1.54) is 22.5 Å². The van der Waals surface area contributed by atoms with Crippen LogP contribution in [0.2, 0.25) is 0 Å². The number of anilines is 1. The van der Waals surface area contributed by atoms with Gasteiger partial charge in [-0.15, -0.1) is 0 Å². The maximum absolute atomic E-state index is 13.8. The van der Waals surface area contributed by atoms with Gasteiger partial charge in [0, 0.05) is 18.7 Å². The number of nitrogens with two attached hydrogens (primary N) is 1. The second-order valence-corrected chi connectivity index (χ2v) is 5.56. The number of hydrogen-bond acceptors (Lipinski definition) is 3. The number of benzene rings is 1. The fourth-order valence-corrected chi connectivity index (χ4v) is 2.85. The summed E-state index contributed by atoms with van der Waals surface area (Å²) in [7, 11) is -3.74. The average molecular weight is 299 g/mol. The minimum absolute atomic E-state index is 0.102. The average Bonchev–Trinajstić information content (AvgIpc) is 2.40. The Morgan fingerprint density at radius 1 is 1.35 bits per heavy atom.